The number of nitrogens with one attached hydrogen (secondary N) is 1. The summed E-state index contributed by atoms with van der Waals surface area (Å²) in [6.45, 7) is 6.03. The maximum Gasteiger partial charge on any atom is 0.277 e. The third-order valence-corrected chi connectivity index (χ3v) is 5.44. The molecule has 3 heterocycles. The highest BCUT2D eigenvalue weighted by molar-refractivity contribution is 6.03. The van der Waals surface area contributed by atoms with E-state index in [1.165, 1.54) is 5.69 Å². The number of rotatable bonds is 3. The van der Waals surface area contributed by atoms with Crippen LogP contribution in [0.25, 0.3) is 0 Å². The summed E-state index contributed by atoms with van der Waals surface area (Å²) in [6.07, 6.45) is 3.03. The quantitative estimate of drug-likeness (QED) is 0.907. The lowest BCUT2D eigenvalue weighted by molar-refractivity contribution is 0.102. The zero-order valence-corrected chi connectivity index (χ0v) is 15.7. The predicted molar refractivity (Wildman–Crippen MR) is 102 cm³/mol. The fraction of sp³-hybridized carbons (Fsp3) is 0.526. The maximum atomic E-state index is 12.8. The number of likely N-dealkylation sites (N-methyl/N-ethyl adjacent to an activating group) is 1. The predicted octanol–water partition coefficient (Wildman–Crippen LogP) is 1.62. The van der Waals surface area contributed by atoms with Crippen molar-refractivity contribution in [3.63, 3.8) is 0 Å². The Morgan fingerprint density at radius 1 is 1.12 bits per heavy atom. The van der Waals surface area contributed by atoms with E-state index in [0.29, 0.717) is 11.5 Å². The summed E-state index contributed by atoms with van der Waals surface area (Å²) >= 11 is 0. The van der Waals surface area contributed by atoms with Gasteiger partial charge in [0.15, 0.2) is 5.69 Å². The molecule has 0 saturated carbocycles. The lowest BCUT2D eigenvalue weighted by atomic mass is 10.2. The van der Waals surface area contributed by atoms with Crippen molar-refractivity contribution < 1.29 is 4.79 Å². The van der Waals surface area contributed by atoms with Gasteiger partial charge in [-0.05, 0) is 44.9 Å². The number of carbonyl (C=O) groups is 1. The minimum atomic E-state index is -0.163. The second-order valence-electron chi connectivity index (χ2n) is 7.33. The third-order valence-electron chi connectivity index (χ3n) is 5.44. The maximum absolute atomic E-state index is 12.8. The number of fused-ring (bicyclic) bond motifs is 1. The summed E-state index contributed by atoms with van der Waals surface area (Å²) in [7, 11) is 4.05. The highest BCUT2D eigenvalue weighted by Gasteiger charge is 2.25. The fourth-order valence-corrected chi connectivity index (χ4v) is 3.89. The van der Waals surface area contributed by atoms with E-state index in [-0.39, 0.29) is 5.91 Å². The van der Waals surface area contributed by atoms with Crippen LogP contribution in [-0.2, 0) is 19.9 Å². The van der Waals surface area contributed by atoms with Crippen LogP contribution in [0.5, 0.6) is 0 Å². The van der Waals surface area contributed by atoms with Gasteiger partial charge >= 0.3 is 0 Å². The smallest absolute Gasteiger partial charge is 0.277 e. The van der Waals surface area contributed by atoms with Crippen molar-refractivity contribution in [2.75, 3.05) is 43.4 Å². The van der Waals surface area contributed by atoms with E-state index in [2.05, 4.69) is 34.2 Å². The molecule has 0 radical (unpaired) electrons. The molecule has 1 aliphatic heterocycles. The van der Waals surface area contributed by atoms with Gasteiger partial charge in [0.05, 0.1) is 0 Å². The molecule has 26 heavy (non-hydrogen) atoms. The molecule has 138 valence electrons. The molecule has 0 aromatic carbocycles. The first kappa shape index (κ1) is 17.0. The summed E-state index contributed by atoms with van der Waals surface area (Å²) in [5.41, 5.74) is 3.95. The highest BCUT2D eigenvalue weighted by Crippen LogP contribution is 2.26. The topological polar surface area (TPSA) is 66.3 Å². The Bertz CT molecular complexity index is 835. The van der Waals surface area contributed by atoms with E-state index in [1.54, 1.807) is 0 Å². The summed E-state index contributed by atoms with van der Waals surface area (Å²) < 4.78 is 1.84. The van der Waals surface area contributed by atoms with Gasteiger partial charge in [-0.15, -0.1) is 0 Å². The van der Waals surface area contributed by atoms with Crippen LogP contribution in [-0.4, -0.2) is 58.8 Å². The van der Waals surface area contributed by atoms with Gasteiger partial charge in [-0.25, -0.2) is 4.98 Å². The molecule has 2 aliphatic rings. The van der Waals surface area contributed by atoms with Crippen molar-refractivity contribution in [1.82, 2.24) is 19.7 Å². The number of hydrogen-bond donors (Lipinski definition) is 1. The van der Waals surface area contributed by atoms with Crippen LogP contribution in [0.1, 0.15) is 33.7 Å². The van der Waals surface area contributed by atoms with E-state index in [1.807, 2.05) is 23.9 Å². The second kappa shape index (κ2) is 6.72. The Kier molecular flexibility index (Phi) is 4.40. The molecule has 7 nitrogen and oxygen atoms in total. The molecule has 1 fully saturated rings. The van der Waals surface area contributed by atoms with Crippen molar-refractivity contribution in [3.05, 3.63) is 34.6 Å². The van der Waals surface area contributed by atoms with Crippen LogP contribution >= 0.6 is 0 Å². The number of anilines is 2. The number of nitrogens with zero attached hydrogens (tertiary/aromatic N) is 5. The molecule has 0 atom stereocenters. The minimum Gasteiger partial charge on any atom is -0.354 e. The van der Waals surface area contributed by atoms with E-state index in [9.17, 15) is 4.79 Å². The van der Waals surface area contributed by atoms with Crippen molar-refractivity contribution in [2.24, 2.45) is 7.05 Å². The lowest BCUT2D eigenvalue weighted by Crippen LogP contribution is -2.45. The Labute approximate surface area is 154 Å². The number of pyridine rings is 1. The van der Waals surface area contributed by atoms with E-state index in [4.69, 9.17) is 4.98 Å². The monoisotopic (exact) mass is 354 g/mol. The highest BCUT2D eigenvalue weighted by atomic mass is 16.2. The Balaban J connectivity index is 1.54. The molecule has 7 heteroatoms. The summed E-state index contributed by atoms with van der Waals surface area (Å²) in [6, 6.07) is 3.90. The first-order valence-electron chi connectivity index (χ1n) is 9.30. The number of aryl methyl sites for hydroxylation is 2. The third kappa shape index (κ3) is 3.07. The van der Waals surface area contributed by atoms with Gasteiger partial charge < -0.3 is 15.1 Å². The molecule has 0 spiro atoms. The van der Waals surface area contributed by atoms with Gasteiger partial charge in [-0.2, -0.15) is 5.10 Å². The SMILES string of the molecule is Cc1ccc(NC(=O)c2nn(C)c3c2CCC3)nc1N1CCN(C)CC1. The Morgan fingerprint density at radius 2 is 1.88 bits per heavy atom. The normalized spacial score (nSPS) is 17.4. The second-order valence-corrected chi connectivity index (χ2v) is 7.33. The number of piperazine rings is 1. The number of hydrogen-bond acceptors (Lipinski definition) is 5. The molecule has 0 bridgehead atoms. The standard InChI is InChI=1S/C19H26N6O/c1-13-7-8-16(20-18(13)25-11-9-23(2)10-12-25)21-19(26)17-14-5-4-6-15(14)24(3)22-17/h7-8H,4-6,9-12H2,1-3H3,(H,20,21,26). The van der Waals surface area contributed by atoms with Crippen LogP contribution in [0.3, 0.4) is 0 Å². The molecular weight excluding hydrogens is 328 g/mol. The Morgan fingerprint density at radius 3 is 2.65 bits per heavy atom. The molecule has 1 N–H and O–H groups in total. The van der Waals surface area contributed by atoms with Crippen LogP contribution in [0, 0.1) is 6.92 Å². The minimum absolute atomic E-state index is 0.163. The van der Waals surface area contributed by atoms with Crippen LogP contribution in [0.4, 0.5) is 11.6 Å². The van der Waals surface area contributed by atoms with Gasteiger partial charge in [-0.1, -0.05) is 6.07 Å². The van der Waals surface area contributed by atoms with Gasteiger partial charge in [0, 0.05) is 44.5 Å². The molecular formula is C19H26N6O. The zero-order valence-electron chi connectivity index (χ0n) is 15.7. The molecule has 1 saturated heterocycles. The molecule has 0 unspecified atom stereocenters. The van der Waals surface area contributed by atoms with E-state index >= 15 is 0 Å². The van der Waals surface area contributed by atoms with Gasteiger partial charge in [0.1, 0.15) is 11.6 Å². The first-order valence-corrected chi connectivity index (χ1v) is 9.30. The van der Waals surface area contributed by atoms with Crippen LogP contribution in [0.2, 0.25) is 0 Å². The molecule has 1 aliphatic carbocycles. The summed E-state index contributed by atoms with van der Waals surface area (Å²) in [4.78, 5) is 22.1. The van der Waals surface area contributed by atoms with Gasteiger partial charge in [-0.3, -0.25) is 9.48 Å². The van der Waals surface area contributed by atoms with Crippen LogP contribution < -0.4 is 10.2 Å². The van der Waals surface area contributed by atoms with Gasteiger partial charge in [0.2, 0.25) is 0 Å². The number of amides is 1. The zero-order chi connectivity index (χ0) is 18.3. The summed E-state index contributed by atoms with van der Waals surface area (Å²) in [5, 5.41) is 7.38. The van der Waals surface area contributed by atoms with Crippen molar-refractivity contribution in [1.29, 1.82) is 0 Å². The lowest BCUT2D eigenvalue weighted by Gasteiger charge is -2.34. The van der Waals surface area contributed by atoms with Crippen LogP contribution in [0.15, 0.2) is 12.1 Å². The number of aromatic nitrogens is 3. The first-order chi connectivity index (χ1) is 12.5. The molecule has 2 aromatic rings. The van der Waals surface area contributed by atoms with Gasteiger partial charge in [0.25, 0.3) is 5.91 Å². The van der Waals surface area contributed by atoms with E-state index in [0.717, 1.165) is 62.4 Å². The Hall–Kier alpha value is -2.41. The summed E-state index contributed by atoms with van der Waals surface area (Å²) in [5.74, 6) is 1.39. The fourth-order valence-electron chi connectivity index (χ4n) is 3.89. The molecule has 2 aromatic heterocycles. The average Bonchev–Trinajstić information content (AvgIpc) is 3.22. The average molecular weight is 354 g/mol. The molecule has 1 amide bonds. The van der Waals surface area contributed by atoms with Crippen molar-refractivity contribution in [3.8, 4) is 0 Å². The number of carbonyl (C=O) groups excluding carboxylic acids is 1. The van der Waals surface area contributed by atoms with E-state index < -0.39 is 0 Å². The van der Waals surface area contributed by atoms with Crippen molar-refractivity contribution >= 4 is 17.5 Å². The molecule has 4 rings (SSSR count). The van der Waals surface area contributed by atoms with Crippen molar-refractivity contribution in [2.45, 2.75) is 26.2 Å². The largest absolute Gasteiger partial charge is 0.354 e.